The Balaban J connectivity index is 1.81. The van der Waals surface area contributed by atoms with Crippen LogP contribution in [0.3, 0.4) is 0 Å². The summed E-state index contributed by atoms with van der Waals surface area (Å²) in [6.07, 6.45) is 5.19. The second kappa shape index (κ2) is 4.58. The minimum Gasteiger partial charge on any atom is -0.481 e. The normalized spacial score (nSPS) is 31.1. The first-order valence-electron chi connectivity index (χ1n) is 6.23. The second-order valence-electron chi connectivity index (χ2n) is 5.34. The summed E-state index contributed by atoms with van der Waals surface area (Å²) >= 11 is 0. The molecule has 1 N–H and O–H groups in total. The van der Waals surface area contributed by atoms with Gasteiger partial charge in [-0.3, -0.25) is 9.69 Å². The average molecular weight is 223 g/mol. The van der Waals surface area contributed by atoms with Gasteiger partial charge in [0.15, 0.2) is 0 Å². The highest BCUT2D eigenvalue weighted by Crippen LogP contribution is 2.33. The quantitative estimate of drug-likeness (QED) is 0.745. The molecular weight excluding hydrogens is 202 g/mol. The van der Waals surface area contributed by atoms with Gasteiger partial charge in [0.1, 0.15) is 0 Å². The Labute approximate surface area is 97.1 Å². The van der Waals surface area contributed by atoms with E-state index in [4.69, 9.17) is 5.11 Å². The maximum absolute atomic E-state index is 10.7. The lowest BCUT2D eigenvalue weighted by Crippen LogP contribution is -2.48. The fourth-order valence-corrected chi connectivity index (χ4v) is 2.64. The minimum atomic E-state index is -0.619. The second-order valence-corrected chi connectivity index (χ2v) is 5.34. The lowest BCUT2D eigenvalue weighted by Gasteiger charge is -2.42. The highest BCUT2D eigenvalue weighted by atomic mass is 16.4. The van der Waals surface area contributed by atoms with E-state index in [0.29, 0.717) is 12.0 Å². The van der Waals surface area contributed by atoms with Gasteiger partial charge in [-0.1, -0.05) is 25.5 Å². The average Bonchev–Trinajstić information content (AvgIpc) is 2.15. The molecule has 90 valence electrons. The van der Waals surface area contributed by atoms with Gasteiger partial charge in [0, 0.05) is 19.1 Å². The summed E-state index contributed by atoms with van der Waals surface area (Å²) in [5.74, 6) is -0.0394. The van der Waals surface area contributed by atoms with Crippen molar-refractivity contribution in [2.75, 3.05) is 13.1 Å². The summed E-state index contributed by atoms with van der Waals surface area (Å²) in [6, 6.07) is 0.520. The van der Waals surface area contributed by atoms with E-state index >= 15 is 0 Å². The fraction of sp³-hybridized carbons (Fsp3) is 0.769. The van der Waals surface area contributed by atoms with Crippen molar-refractivity contribution in [2.24, 2.45) is 11.8 Å². The molecule has 1 aliphatic heterocycles. The molecule has 1 fully saturated rings. The Morgan fingerprint density at radius 3 is 2.62 bits per heavy atom. The minimum absolute atomic E-state index is 0.0829. The predicted molar refractivity (Wildman–Crippen MR) is 63.3 cm³/mol. The van der Waals surface area contributed by atoms with Crippen LogP contribution >= 0.6 is 0 Å². The number of carboxylic acids is 1. The summed E-state index contributed by atoms with van der Waals surface area (Å²) in [7, 11) is 0. The van der Waals surface area contributed by atoms with Crippen LogP contribution in [-0.2, 0) is 4.79 Å². The fourth-order valence-electron chi connectivity index (χ4n) is 2.64. The molecular formula is C13H21NO2. The van der Waals surface area contributed by atoms with Crippen molar-refractivity contribution >= 4 is 5.97 Å². The molecule has 1 saturated carbocycles. The summed E-state index contributed by atoms with van der Waals surface area (Å²) < 4.78 is 0. The number of nitrogens with zero attached hydrogens (tertiary/aromatic N) is 1. The van der Waals surface area contributed by atoms with Crippen LogP contribution in [0.4, 0.5) is 0 Å². The molecule has 0 unspecified atom stereocenters. The van der Waals surface area contributed by atoms with Gasteiger partial charge in [-0.25, -0.2) is 0 Å². The maximum Gasteiger partial charge on any atom is 0.306 e. The molecule has 2 aliphatic rings. The van der Waals surface area contributed by atoms with Crippen LogP contribution < -0.4 is 0 Å². The highest BCUT2D eigenvalue weighted by Gasteiger charge is 2.38. The Morgan fingerprint density at radius 1 is 1.50 bits per heavy atom. The van der Waals surface area contributed by atoms with Gasteiger partial charge in [0.25, 0.3) is 0 Å². The molecule has 0 radical (unpaired) electrons. The first-order chi connectivity index (χ1) is 7.58. The van der Waals surface area contributed by atoms with Gasteiger partial charge in [-0.2, -0.15) is 0 Å². The van der Waals surface area contributed by atoms with Gasteiger partial charge in [0.05, 0.1) is 5.92 Å². The van der Waals surface area contributed by atoms with Crippen molar-refractivity contribution in [1.82, 2.24) is 4.90 Å². The first kappa shape index (κ1) is 11.6. The predicted octanol–water partition coefficient (Wildman–Crippen LogP) is 2.14. The van der Waals surface area contributed by atoms with E-state index in [-0.39, 0.29) is 5.92 Å². The summed E-state index contributed by atoms with van der Waals surface area (Å²) in [6.45, 7) is 6.61. The van der Waals surface area contributed by atoms with Crippen LogP contribution in [0.1, 0.15) is 33.1 Å². The monoisotopic (exact) mass is 223 g/mol. The molecule has 16 heavy (non-hydrogen) atoms. The maximum atomic E-state index is 10.7. The van der Waals surface area contributed by atoms with Gasteiger partial charge >= 0.3 is 5.97 Å². The first-order valence-corrected chi connectivity index (χ1v) is 6.23. The molecule has 0 aromatic carbocycles. The Hall–Kier alpha value is -0.830. The van der Waals surface area contributed by atoms with E-state index in [2.05, 4.69) is 24.8 Å². The van der Waals surface area contributed by atoms with E-state index in [0.717, 1.165) is 32.4 Å². The van der Waals surface area contributed by atoms with Gasteiger partial charge in [0.2, 0.25) is 0 Å². The van der Waals surface area contributed by atoms with Crippen LogP contribution in [0.2, 0.25) is 0 Å². The molecule has 3 heteroatoms. The zero-order chi connectivity index (χ0) is 11.7. The molecule has 0 atom stereocenters. The molecule has 3 nitrogen and oxygen atoms in total. The smallest absolute Gasteiger partial charge is 0.306 e. The summed E-state index contributed by atoms with van der Waals surface area (Å²) in [5, 5.41) is 8.83. The Bertz CT molecular complexity index is 303. The van der Waals surface area contributed by atoms with Crippen molar-refractivity contribution < 1.29 is 9.90 Å². The number of carbonyl (C=O) groups is 1. The van der Waals surface area contributed by atoms with Crippen LogP contribution in [0.5, 0.6) is 0 Å². The van der Waals surface area contributed by atoms with Crippen molar-refractivity contribution in [2.45, 2.75) is 39.2 Å². The molecule has 0 amide bonds. The molecule has 1 aliphatic carbocycles. The molecule has 2 rings (SSSR count). The zero-order valence-corrected chi connectivity index (χ0v) is 10.1. The van der Waals surface area contributed by atoms with E-state index < -0.39 is 5.97 Å². The molecule has 1 heterocycles. The molecule has 0 spiro atoms. The number of carboxylic acid groups (broad SMARTS) is 1. The van der Waals surface area contributed by atoms with Crippen LogP contribution in [0, 0.1) is 11.8 Å². The van der Waals surface area contributed by atoms with Crippen molar-refractivity contribution in [3.8, 4) is 0 Å². The van der Waals surface area contributed by atoms with Crippen LogP contribution in [-0.4, -0.2) is 35.1 Å². The van der Waals surface area contributed by atoms with E-state index in [1.807, 2.05) is 0 Å². The SMILES string of the molecule is CC(C)C1=CCN(C2CC(C(=O)O)C2)CC1. The lowest BCUT2D eigenvalue weighted by atomic mass is 9.78. The number of rotatable bonds is 3. The van der Waals surface area contributed by atoms with Crippen molar-refractivity contribution in [3.63, 3.8) is 0 Å². The third-order valence-corrected chi connectivity index (χ3v) is 4.00. The third kappa shape index (κ3) is 2.29. The van der Waals surface area contributed by atoms with Crippen molar-refractivity contribution in [3.05, 3.63) is 11.6 Å². The Kier molecular flexibility index (Phi) is 3.33. The molecule has 0 saturated heterocycles. The lowest BCUT2D eigenvalue weighted by molar-refractivity contribution is -0.147. The molecule has 0 bridgehead atoms. The molecule has 0 aromatic heterocycles. The van der Waals surface area contributed by atoms with E-state index in [1.165, 1.54) is 0 Å². The van der Waals surface area contributed by atoms with Crippen LogP contribution in [0.25, 0.3) is 0 Å². The van der Waals surface area contributed by atoms with E-state index in [9.17, 15) is 4.79 Å². The number of hydrogen-bond acceptors (Lipinski definition) is 2. The topological polar surface area (TPSA) is 40.5 Å². The third-order valence-electron chi connectivity index (χ3n) is 4.00. The van der Waals surface area contributed by atoms with Gasteiger partial charge in [-0.15, -0.1) is 0 Å². The zero-order valence-electron chi connectivity index (χ0n) is 10.1. The van der Waals surface area contributed by atoms with Gasteiger partial charge in [-0.05, 0) is 25.2 Å². The Morgan fingerprint density at radius 2 is 2.19 bits per heavy atom. The summed E-state index contributed by atoms with van der Waals surface area (Å²) in [4.78, 5) is 13.2. The molecule has 0 aromatic rings. The van der Waals surface area contributed by atoms with Crippen molar-refractivity contribution in [1.29, 1.82) is 0 Å². The van der Waals surface area contributed by atoms with E-state index in [1.54, 1.807) is 5.57 Å². The largest absolute Gasteiger partial charge is 0.481 e. The van der Waals surface area contributed by atoms with Crippen LogP contribution in [0.15, 0.2) is 11.6 Å². The standard InChI is InChI=1S/C13H21NO2/c1-9(2)10-3-5-14(6-4-10)12-7-11(8-12)13(15)16/h3,9,11-12H,4-8H2,1-2H3,(H,15,16). The van der Waals surface area contributed by atoms with Gasteiger partial charge < -0.3 is 5.11 Å². The number of hydrogen-bond donors (Lipinski definition) is 1. The number of aliphatic carboxylic acids is 1. The highest BCUT2D eigenvalue weighted by molar-refractivity contribution is 5.71. The summed E-state index contributed by atoms with van der Waals surface area (Å²) in [5.41, 5.74) is 1.56.